The van der Waals surface area contributed by atoms with Crippen molar-refractivity contribution in [3.63, 3.8) is 0 Å². The summed E-state index contributed by atoms with van der Waals surface area (Å²) in [5.41, 5.74) is 0.118. The molecule has 0 amide bonds. The number of carbonyl (C=O) groups is 2. The minimum absolute atomic E-state index is 0.00938. The SMILES string of the molecule is CCC1(C(O)C/C=C/C2C(=O)CC[C@@H]2CCCc2ccc(C(=O)OC)s2)CCC1. The molecule has 0 aliphatic heterocycles. The summed E-state index contributed by atoms with van der Waals surface area (Å²) < 4.78 is 4.76. The Bertz CT molecular complexity index is 725. The number of rotatable bonds is 10. The van der Waals surface area contributed by atoms with Crippen LogP contribution in [-0.2, 0) is 16.0 Å². The van der Waals surface area contributed by atoms with Crippen LogP contribution in [0.5, 0.6) is 0 Å². The van der Waals surface area contributed by atoms with Crippen LogP contribution in [-0.4, -0.2) is 30.1 Å². The van der Waals surface area contributed by atoms with Gasteiger partial charge in [-0.25, -0.2) is 4.79 Å². The highest BCUT2D eigenvalue weighted by molar-refractivity contribution is 7.13. The van der Waals surface area contributed by atoms with E-state index in [0.717, 1.165) is 44.9 Å². The van der Waals surface area contributed by atoms with E-state index in [4.69, 9.17) is 4.74 Å². The highest BCUT2D eigenvalue weighted by atomic mass is 32.1. The fraction of sp³-hybridized carbons (Fsp3) is 0.667. The maximum absolute atomic E-state index is 12.4. The highest BCUT2D eigenvalue weighted by Gasteiger charge is 2.41. The lowest BCUT2D eigenvalue weighted by atomic mass is 9.63. The summed E-state index contributed by atoms with van der Waals surface area (Å²) in [7, 11) is 1.40. The lowest BCUT2D eigenvalue weighted by Crippen LogP contribution is -2.40. The molecule has 4 nitrogen and oxygen atoms in total. The molecule has 2 unspecified atom stereocenters. The average molecular weight is 419 g/mol. The molecule has 0 aromatic carbocycles. The summed E-state index contributed by atoms with van der Waals surface area (Å²) >= 11 is 1.50. The van der Waals surface area contributed by atoms with Gasteiger partial charge in [0.15, 0.2) is 0 Å². The van der Waals surface area contributed by atoms with Gasteiger partial charge in [-0.05, 0) is 74.8 Å². The molecule has 5 heteroatoms. The largest absolute Gasteiger partial charge is 0.465 e. The second kappa shape index (κ2) is 10.0. The number of ketones is 1. The van der Waals surface area contributed by atoms with Crippen LogP contribution in [0.4, 0.5) is 0 Å². The number of aryl methyl sites for hydroxylation is 1. The third-order valence-corrected chi connectivity index (χ3v) is 8.28. The number of esters is 1. The molecule has 2 saturated carbocycles. The summed E-state index contributed by atoms with van der Waals surface area (Å²) in [6.45, 7) is 2.17. The van der Waals surface area contributed by atoms with Crippen LogP contribution in [0.1, 0.15) is 79.3 Å². The lowest BCUT2D eigenvalue weighted by Gasteiger charge is -2.45. The van der Waals surface area contributed by atoms with Gasteiger partial charge in [0, 0.05) is 17.2 Å². The Morgan fingerprint density at radius 1 is 1.41 bits per heavy atom. The van der Waals surface area contributed by atoms with Crippen LogP contribution < -0.4 is 0 Å². The van der Waals surface area contributed by atoms with Crippen molar-refractivity contribution in [3.05, 3.63) is 34.0 Å². The second-order valence-electron chi connectivity index (χ2n) is 8.69. The summed E-state index contributed by atoms with van der Waals surface area (Å²) in [4.78, 5) is 25.8. The predicted octanol–water partition coefficient (Wildman–Crippen LogP) is 5.34. The van der Waals surface area contributed by atoms with E-state index in [1.165, 1.54) is 29.7 Å². The normalized spacial score (nSPS) is 24.6. The number of Topliss-reactive ketones (excluding diaryl/α,β-unsaturated/α-hetero) is 1. The maximum Gasteiger partial charge on any atom is 0.348 e. The van der Waals surface area contributed by atoms with Crippen LogP contribution in [0.15, 0.2) is 24.3 Å². The quantitative estimate of drug-likeness (QED) is 0.411. The fourth-order valence-electron chi connectivity index (χ4n) is 4.94. The van der Waals surface area contributed by atoms with Crippen LogP contribution >= 0.6 is 11.3 Å². The van der Waals surface area contributed by atoms with E-state index >= 15 is 0 Å². The van der Waals surface area contributed by atoms with Crippen molar-refractivity contribution in [2.45, 2.75) is 77.2 Å². The molecule has 160 valence electrons. The number of hydrogen-bond acceptors (Lipinski definition) is 5. The molecule has 0 radical (unpaired) electrons. The van der Waals surface area contributed by atoms with Gasteiger partial charge in [-0.1, -0.05) is 25.5 Å². The third kappa shape index (κ3) is 5.18. The van der Waals surface area contributed by atoms with E-state index in [0.29, 0.717) is 29.4 Å². The Morgan fingerprint density at radius 2 is 2.21 bits per heavy atom. The molecular formula is C24H34O4S. The van der Waals surface area contributed by atoms with Crippen molar-refractivity contribution in [2.24, 2.45) is 17.3 Å². The van der Waals surface area contributed by atoms with E-state index in [9.17, 15) is 14.7 Å². The van der Waals surface area contributed by atoms with Gasteiger partial charge in [0.2, 0.25) is 0 Å². The number of allylic oxidation sites excluding steroid dienone is 1. The first-order chi connectivity index (χ1) is 14.0. The van der Waals surface area contributed by atoms with E-state index in [1.54, 1.807) is 0 Å². The van der Waals surface area contributed by atoms with Gasteiger partial charge in [0.05, 0.1) is 13.2 Å². The summed E-state index contributed by atoms with van der Waals surface area (Å²) in [5, 5.41) is 10.6. The third-order valence-electron chi connectivity index (χ3n) is 7.15. The Morgan fingerprint density at radius 3 is 2.86 bits per heavy atom. The van der Waals surface area contributed by atoms with Gasteiger partial charge >= 0.3 is 5.97 Å². The zero-order valence-corrected chi connectivity index (χ0v) is 18.5. The highest BCUT2D eigenvalue weighted by Crippen LogP contribution is 2.47. The molecule has 1 aromatic heterocycles. The number of aliphatic hydroxyl groups is 1. The van der Waals surface area contributed by atoms with Crippen LogP contribution in [0.2, 0.25) is 0 Å². The topological polar surface area (TPSA) is 63.6 Å². The molecule has 2 aliphatic rings. The Kier molecular flexibility index (Phi) is 7.69. The van der Waals surface area contributed by atoms with Crippen LogP contribution in [0.25, 0.3) is 0 Å². The zero-order chi connectivity index (χ0) is 20.9. The van der Waals surface area contributed by atoms with Crippen molar-refractivity contribution in [3.8, 4) is 0 Å². The Labute approximate surface area is 178 Å². The Balaban J connectivity index is 1.47. The van der Waals surface area contributed by atoms with E-state index in [-0.39, 0.29) is 23.4 Å². The molecule has 1 aromatic rings. The number of aliphatic hydroxyl groups excluding tert-OH is 1. The number of carbonyl (C=O) groups excluding carboxylic acids is 2. The maximum atomic E-state index is 12.4. The first kappa shape index (κ1) is 22.2. The van der Waals surface area contributed by atoms with Gasteiger partial charge in [-0.2, -0.15) is 0 Å². The first-order valence-electron chi connectivity index (χ1n) is 11.0. The van der Waals surface area contributed by atoms with Crippen molar-refractivity contribution >= 4 is 23.1 Å². The minimum atomic E-state index is -0.282. The molecule has 29 heavy (non-hydrogen) atoms. The molecule has 3 atom stereocenters. The average Bonchev–Trinajstić information content (AvgIpc) is 3.29. The van der Waals surface area contributed by atoms with Gasteiger partial charge < -0.3 is 9.84 Å². The van der Waals surface area contributed by atoms with Crippen molar-refractivity contribution in [2.75, 3.05) is 7.11 Å². The monoisotopic (exact) mass is 418 g/mol. The smallest absolute Gasteiger partial charge is 0.348 e. The van der Waals surface area contributed by atoms with Gasteiger partial charge in [0.1, 0.15) is 10.7 Å². The molecule has 0 spiro atoms. The number of methoxy groups -OCH3 is 1. The van der Waals surface area contributed by atoms with E-state index in [1.807, 2.05) is 12.1 Å². The van der Waals surface area contributed by atoms with Crippen molar-refractivity contribution in [1.82, 2.24) is 0 Å². The minimum Gasteiger partial charge on any atom is -0.465 e. The van der Waals surface area contributed by atoms with Gasteiger partial charge in [-0.15, -0.1) is 11.3 Å². The summed E-state index contributed by atoms with van der Waals surface area (Å²) in [6, 6.07) is 3.83. The molecular weight excluding hydrogens is 384 g/mol. The van der Waals surface area contributed by atoms with Crippen LogP contribution in [0, 0.1) is 17.3 Å². The standard InChI is InChI=1S/C24H34O4S/c1-3-24(15-6-16-24)22(26)10-5-9-19-17(11-13-20(19)25)7-4-8-18-12-14-21(29-18)23(27)28-2/h5,9,12,14,17,19,22,26H,3-4,6-8,10-11,13,15-16H2,1-2H3/b9-5+/t17-,19?,22?/m0/s1. The molecule has 1 N–H and O–H groups in total. The number of hydrogen-bond donors (Lipinski definition) is 1. The van der Waals surface area contributed by atoms with E-state index in [2.05, 4.69) is 19.1 Å². The summed E-state index contributed by atoms with van der Waals surface area (Å²) in [6.07, 6.45) is 13.6. The fourth-order valence-corrected chi connectivity index (χ4v) is 5.91. The second-order valence-corrected chi connectivity index (χ2v) is 9.86. The first-order valence-corrected chi connectivity index (χ1v) is 11.8. The van der Waals surface area contributed by atoms with Gasteiger partial charge in [-0.3, -0.25) is 4.79 Å². The molecule has 2 aliphatic carbocycles. The summed E-state index contributed by atoms with van der Waals surface area (Å²) in [5.74, 6) is 0.482. The van der Waals surface area contributed by atoms with Crippen LogP contribution in [0.3, 0.4) is 0 Å². The van der Waals surface area contributed by atoms with Crippen molar-refractivity contribution in [1.29, 1.82) is 0 Å². The molecule has 2 fully saturated rings. The molecule has 3 rings (SSSR count). The Hall–Kier alpha value is -1.46. The van der Waals surface area contributed by atoms with Crippen molar-refractivity contribution < 1.29 is 19.4 Å². The lowest BCUT2D eigenvalue weighted by molar-refractivity contribution is -0.119. The number of ether oxygens (including phenoxy) is 1. The molecule has 0 saturated heterocycles. The molecule has 0 bridgehead atoms. The molecule has 1 heterocycles. The predicted molar refractivity (Wildman–Crippen MR) is 116 cm³/mol. The number of thiophene rings is 1. The van der Waals surface area contributed by atoms with Gasteiger partial charge in [0.25, 0.3) is 0 Å². The zero-order valence-electron chi connectivity index (χ0n) is 17.7. The van der Waals surface area contributed by atoms with E-state index < -0.39 is 0 Å².